The van der Waals surface area contributed by atoms with E-state index in [0.29, 0.717) is 0 Å². The Morgan fingerprint density at radius 3 is 2.86 bits per heavy atom. The Bertz CT molecular complexity index is 191. The van der Waals surface area contributed by atoms with Crippen LogP contribution in [-0.4, -0.2) is 49.0 Å². The smallest absolute Gasteiger partial charge is 0.238 e. The van der Waals surface area contributed by atoms with Crippen LogP contribution in [0.15, 0.2) is 0 Å². The van der Waals surface area contributed by atoms with Gasteiger partial charge in [-0.2, -0.15) is 11.8 Å². The number of rotatable bonds is 4. The van der Waals surface area contributed by atoms with Crippen LogP contribution in [0.3, 0.4) is 0 Å². The predicted octanol–water partition coefficient (Wildman–Crippen LogP) is 0.806. The quantitative estimate of drug-likeness (QED) is 0.754. The van der Waals surface area contributed by atoms with Gasteiger partial charge < -0.3 is 10.2 Å². The van der Waals surface area contributed by atoms with Crippen LogP contribution in [0.1, 0.15) is 13.3 Å². The molecular formula is C10H20N2OS. The van der Waals surface area contributed by atoms with Crippen LogP contribution in [0.5, 0.6) is 0 Å². The highest BCUT2D eigenvalue weighted by molar-refractivity contribution is 7.99. The van der Waals surface area contributed by atoms with Gasteiger partial charge in [0.2, 0.25) is 5.91 Å². The van der Waals surface area contributed by atoms with Crippen molar-refractivity contribution in [3.05, 3.63) is 0 Å². The fourth-order valence-corrected chi connectivity index (χ4v) is 2.85. The summed E-state index contributed by atoms with van der Waals surface area (Å²) in [6, 6.07) is -0.0457. The van der Waals surface area contributed by atoms with Crippen LogP contribution in [0.4, 0.5) is 0 Å². The number of carbonyl (C=O) groups is 1. The van der Waals surface area contributed by atoms with Crippen molar-refractivity contribution in [2.75, 3.05) is 32.1 Å². The van der Waals surface area contributed by atoms with Gasteiger partial charge in [-0.3, -0.25) is 4.79 Å². The third kappa shape index (κ3) is 3.50. The van der Waals surface area contributed by atoms with Crippen molar-refractivity contribution >= 4 is 17.7 Å². The van der Waals surface area contributed by atoms with Gasteiger partial charge in [-0.15, -0.1) is 0 Å². The fourth-order valence-electron chi connectivity index (χ4n) is 1.56. The second-order valence-electron chi connectivity index (χ2n) is 4.09. The molecule has 3 nitrogen and oxygen atoms in total. The average Bonchev–Trinajstić information content (AvgIpc) is 2.65. The van der Waals surface area contributed by atoms with Crippen molar-refractivity contribution < 1.29 is 4.79 Å². The van der Waals surface area contributed by atoms with E-state index in [4.69, 9.17) is 0 Å². The molecule has 1 rings (SSSR count). The van der Waals surface area contributed by atoms with Crippen molar-refractivity contribution in [3.63, 3.8) is 0 Å². The standard InChI is InChI=1S/C10H20N2OS/c1-8(10(13)12(2)3)11-6-9-4-5-14-7-9/h8-9,11H,4-7H2,1-3H3. The molecule has 0 aromatic rings. The Morgan fingerprint density at radius 1 is 1.64 bits per heavy atom. The van der Waals surface area contributed by atoms with Crippen molar-refractivity contribution in [1.82, 2.24) is 10.2 Å². The van der Waals surface area contributed by atoms with Crippen LogP contribution < -0.4 is 5.32 Å². The molecule has 2 atom stereocenters. The fraction of sp³-hybridized carbons (Fsp3) is 0.900. The Labute approximate surface area is 90.6 Å². The molecule has 2 unspecified atom stereocenters. The van der Waals surface area contributed by atoms with Crippen LogP contribution in [0.2, 0.25) is 0 Å². The predicted molar refractivity (Wildman–Crippen MR) is 61.6 cm³/mol. The van der Waals surface area contributed by atoms with Gasteiger partial charge in [-0.1, -0.05) is 0 Å². The van der Waals surface area contributed by atoms with E-state index < -0.39 is 0 Å². The number of nitrogens with one attached hydrogen (secondary N) is 1. The Kier molecular flexibility index (Phi) is 4.75. The molecule has 0 radical (unpaired) electrons. The molecule has 1 aliphatic heterocycles. The van der Waals surface area contributed by atoms with Crippen LogP contribution in [0.25, 0.3) is 0 Å². The Balaban J connectivity index is 2.19. The summed E-state index contributed by atoms with van der Waals surface area (Å²) in [6.45, 7) is 2.91. The molecule has 1 N–H and O–H groups in total. The van der Waals surface area contributed by atoms with Gasteiger partial charge in [0.1, 0.15) is 0 Å². The number of hydrogen-bond acceptors (Lipinski definition) is 3. The third-order valence-corrected chi connectivity index (χ3v) is 3.78. The second-order valence-corrected chi connectivity index (χ2v) is 5.24. The molecule has 14 heavy (non-hydrogen) atoms. The largest absolute Gasteiger partial charge is 0.347 e. The monoisotopic (exact) mass is 216 g/mol. The van der Waals surface area contributed by atoms with Crippen molar-refractivity contribution in [2.45, 2.75) is 19.4 Å². The summed E-state index contributed by atoms with van der Waals surface area (Å²) in [5, 5.41) is 3.30. The van der Waals surface area contributed by atoms with Crippen LogP contribution in [0, 0.1) is 5.92 Å². The van der Waals surface area contributed by atoms with E-state index >= 15 is 0 Å². The number of likely N-dealkylation sites (N-methyl/N-ethyl adjacent to an activating group) is 1. The first-order chi connectivity index (χ1) is 6.61. The van der Waals surface area contributed by atoms with Gasteiger partial charge in [0.15, 0.2) is 0 Å². The molecule has 1 amide bonds. The first kappa shape index (κ1) is 11.9. The van der Waals surface area contributed by atoms with E-state index in [1.165, 1.54) is 17.9 Å². The highest BCUT2D eigenvalue weighted by Gasteiger charge is 2.19. The molecule has 1 aliphatic rings. The first-order valence-corrected chi connectivity index (χ1v) is 6.29. The minimum Gasteiger partial charge on any atom is -0.347 e. The van der Waals surface area contributed by atoms with E-state index in [-0.39, 0.29) is 11.9 Å². The summed E-state index contributed by atoms with van der Waals surface area (Å²) in [7, 11) is 3.60. The zero-order valence-electron chi connectivity index (χ0n) is 9.25. The van der Waals surface area contributed by atoms with E-state index in [1.807, 2.05) is 18.7 Å². The highest BCUT2D eigenvalue weighted by Crippen LogP contribution is 2.22. The summed E-state index contributed by atoms with van der Waals surface area (Å²) in [5.41, 5.74) is 0. The maximum atomic E-state index is 11.5. The third-order valence-electron chi connectivity index (χ3n) is 2.55. The summed E-state index contributed by atoms with van der Waals surface area (Å²) in [6.07, 6.45) is 1.29. The molecule has 82 valence electrons. The second kappa shape index (κ2) is 5.61. The lowest BCUT2D eigenvalue weighted by molar-refractivity contribution is -0.130. The molecule has 0 bridgehead atoms. The molecule has 1 heterocycles. The molecule has 0 aromatic carbocycles. The maximum absolute atomic E-state index is 11.5. The molecule has 0 aliphatic carbocycles. The van der Waals surface area contributed by atoms with Gasteiger partial charge >= 0.3 is 0 Å². The zero-order valence-corrected chi connectivity index (χ0v) is 10.1. The van der Waals surface area contributed by atoms with Gasteiger partial charge in [0.05, 0.1) is 6.04 Å². The van der Waals surface area contributed by atoms with Gasteiger partial charge in [0, 0.05) is 14.1 Å². The molecule has 0 aromatic heterocycles. The molecule has 0 spiro atoms. The molecule has 1 saturated heterocycles. The van der Waals surface area contributed by atoms with Gasteiger partial charge in [-0.05, 0) is 37.3 Å². The van der Waals surface area contributed by atoms with Crippen LogP contribution >= 0.6 is 11.8 Å². The Morgan fingerprint density at radius 2 is 2.36 bits per heavy atom. The first-order valence-electron chi connectivity index (χ1n) is 5.13. The number of amides is 1. The normalized spacial score (nSPS) is 23.5. The lowest BCUT2D eigenvalue weighted by Gasteiger charge is -2.19. The topological polar surface area (TPSA) is 32.3 Å². The summed E-state index contributed by atoms with van der Waals surface area (Å²) in [5.74, 6) is 3.45. The number of carbonyl (C=O) groups excluding carboxylic acids is 1. The van der Waals surface area contributed by atoms with Crippen molar-refractivity contribution in [1.29, 1.82) is 0 Å². The lowest BCUT2D eigenvalue weighted by Crippen LogP contribution is -2.43. The highest BCUT2D eigenvalue weighted by atomic mass is 32.2. The number of thioether (sulfide) groups is 1. The van der Waals surface area contributed by atoms with Crippen molar-refractivity contribution in [3.8, 4) is 0 Å². The molecular weight excluding hydrogens is 196 g/mol. The van der Waals surface area contributed by atoms with Crippen molar-refractivity contribution in [2.24, 2.45) is 5.92 Å². The van der Waals surface area contributed by atoms with Gasteiger partial charge in [0.25, 0.3) is 0 Å². The summed E-state index contributed by atoms with van der Waals surface area (Å²) >= 11 is 2.01. The lowest BCUT2D eigenvalue weighted by atomic mass is 10.1. The number of nitrogens with zero attached hydrogens (tertiary/aromatic N) is 1. The number of hydrogen-bond donors (Lipinski definition) is 1. The van der Waals surface area contributed by atoms with E-state index in [9.17, 15) is 4.79 Å². The SMILES string of the molecule is CC(NCC1CCSC1)C(=O)N(C)C. The van der Waals surface area contributed by atoms with E-state index in [0.717, 1.165) is 12.5 Å². The minimum atomic E-state index is -0.0457. The Hall–Kier alpha value is -0.220. The molecule has 1 fully saturated rings. The molecule has 0 saturated carbocycles. The molecule has 4 heteroatoms. The van der Waals surface area contributed by atoms with Gasteiger partial charge in [-0.25, -0.2) is 0 Å². The zero-order chi connectivity index (χ0) is 10.6. The summed E-state index contributed by atoms with van der Waals surface area (Å²) in [4.78, 5) is 13.1. The van der Waals surface area contributed by atoms with Crippen LogP contribution in [-0.2, 0) is 4.79 Å². The summed E-state index contributed by atoms with van der Waals surface area (Å²) < 4.78 is 0. The maximum Gasteiger partial charge on any atom is 0.238 e. The minimum absolute atomic E-state index is 0.0457. The van der Waals surface area contributed by atoms with E-state index in [2.05, 4.69) is 5.32 Å². The average molecular weight is 216 g/mol. The van der Waals surface area contributed by atoms with E-state index in [1.54, 1.807) is 19.0 Å².